The Hall–Kier alpha value is -4.33. The first kappa shape index (κ1) is 50.7. The summed E-state index contributed by atoms with van der Waals surface area (Å²) in [5.74, 6) is -3.64. The minimum absolute atomic E-state index is 0.100. The van der Waals surface area contributed by atoms with Crippen LogP contribution in [0.5, 0.6) is 0 Å². The molecule has 0 aliphatic rings. The Kier molecular flexibility index (Phi) is 30.4. The van der Waals surface area contributed by atoms with E-state index in [9.17, 15) is 43.2 Å². The molecule has 0 aromatic heterocycles. The van der Waals surface area contributed by atoms with E-state index in [1.54, 1.807) is 0 Å². The smallest absolute Gasteiger partial charge is 0.313 e. The summed E-state index contributed by atoms with van der Waals surface area (Å²) < 4.78 is 25.9. The number of carbonyl (C=O) groups is 9. The number of hydrogen-bond acceptors (Lipinski definition) is 14. The zero-order chi connectivity index (χ0) is 41.3. The second-order valence-corrected chi connectivity index (χ2v) is 12.7. The highest BCUT2D eigenvalue weighted by Gasteiger charge is 2.19. The highest BCUT2D eigenvalue weighted by Crippen LogP contribution is 2.10. The lowest BCUT2D eigenvalue weighted by Crippen LogP contribution is -2.45. The summed E-state index contributed by atoms with van der Waals surface area (Å²) >= 11 is 0. The number of rotatable bonds is 36. The van der Waals surface area contributed by atoms with Crippen LogP contribution in [0, 0.1) is 0 Å². The van der Waals surface area contributed by atoms with Crippen LogP contribution in [0.25, 0.3) is 0 Å². The Bertz CT molecular complexity index is 1220. The number of nitrogens with one attached hydrogen (secondary N) is 4. The Morgan fingerprint density at radius 1 is 0.527 bits per heavy atom. The lowest BCUT2D eigenvalue weighted by molar-refractivity contribution is -0.150. The summed E-state index contributed by atoms with van der Waals surface area (Å²) in [6.07, 6.45) is 3.56. The van der Waals surface area contributed by atoms with Gasteiger partial charge in [-0.1, -0.05) is 25.7 Å². The molecule has 5 amide bonds. The van der Waals surface area contributed by atoms with Crippen LogP contribution in [0.4, 0.5) is 0 Å². The van der Waals surface area contributed by atoms with Crippen LogP contribution >= 0.6 is 0 Å². The van der Waals surface area contributed by atoms with E-state index in [0.29, 0.717) is 71.2 Å². The summed E-state index contributed by atoms with van der Waals surface area (Å²) in [5, 5.41) is 10.3. The lowest BCUT2D eigenvalue weighted by atomic mass is 10.0. The highest BCUT2D eigenvalue weighted by atomic mass is 16.5. The van der Waals surface area contributed by atoms with Gasteiger partial charge in [0.05, 0.1) is 45.7 Å². The number of Topliss-reactive ketones (excluding diaryl/α,β-unsaturated/α-hetero) is 3. The monoisotopic (exact) mass is 787 g/mol. The van der Waals surface area contributed by atoms with Crippen molar-refractivity contribution in [2.75, 3.05) is 72.6 Å². The van der Waals surface area contributed by atoms with Crippen LogP contribution in [0.3, 0.4) is 0 Å². The van der Waals surface area contributed by atoms with Crippen molar-refractivity contribution in [3.05, 3.63) is 0 Å². The first-order valence-electron chi connectivity index (χ1n) is 18.6. The van der Waals surface area contributed by atoms with Gasteiger partial charge in [0.2, 0.25) is 29.5 Å². The van der Waals surface area contributed by atoms with E-state index in [0.717, 1.165) is 0 Å². The number of unbranched alkanes of at least 4 members (excludes halogenated alkanes) is 4. The van der Waals surface area contributed by atoms with Gasteiger partial charge in [-0.05, 0) is 32.6 Å². The van der Waals surface area contributed by atoms with Crippen molar-refractivity contribution in [3.63, 3.8) is 0 Å². The molecule has 0 radical (unpaired) electrons. The van der Waals surface area contributed by atoms with E-state index in [4.69, 9.17) is 29.4 Å². The highest BCUT2D eigenvalue weighted by molar-refractivity contribution is 5.96. The molecule has 0 aromatic rings. The first-order chi connectivity index (χ1) is 26.2. The Morgan fingerprint density at radius 2 is 0.982 bits per heavy atom. The molecule has 0 aliphatic carbocycles. The van der Waals surface area contributed by atoms with Crippen molar-refractivity contribution in [1.82, 2.24) is 21.3 Å². The Balaban J connectivity index is 4.02. The third-order valence-corrected chi connectivity index (χ3v) is 7.59. The van der Waals surface area contributed by atoms with Gasteiger partial charge in [0.15, 0.2) is 11.6 Å². The molecule has 19 nitrogen and oxygen atoms in total. The van der Waals surface area contributed by atoms with Gasteiger partial charge < -0.3 is 50.7 Å². The maximum atomic E-state index is 12.2. The molecule has 0 bridgehead atoms. The van der Waals surface area contributed by atoms with Gasteiger partial charge in [-0.3, -0.25) is 43.2 Å². The second-order valence-electron chi connectivity index (χ2n) is 12.7. The quantitative estimate of drug-likeness (QED) is 0.0300. The zero-order valence-electron chi connectivity index (χ0n) is 32.5. The number of carbonyl (C=O) groups excluding carboxylic acids is 9. The third kappa shape index (κ3) is 32.8. The second kappa shape index (κ2) is 33.0. The van der Waals surface area contributed by atoms with Gasteiger partial charge in [0.25, 0.3) is 0 Å². The molecule has 0 aromatic carbocycles. The average molecular weight is 788 g/mol. The molecule has 2 atom stereocenters. The molecule has 0 saturated heterocycles. The summed E-state index contributed by atoms with van der Waals surface area (Å²) in [4.78, 5) is 106. The standard InChI is InChI=1S/C36H61N5O14/c1-26(42)31(40-33(47)24-53-20-18-51-16-14-38-27(2)43)12-8-5-7-11-30(46)23-55-35(49)22-29(45)10-6-4-9-13-32(36(37)50)41-34(48)25-54-21-19-52-17-15-39-28(3)44/h31-32H,4-25H2,1-3H3,(H2,37,50)(H,38,43)(H,39,44)(H,40,47)(H,41,48). The molecule has 0 aliphatic heterocycles. The SMILES string of the molecule is CC(=O)NCCOCCOCC(=O)NC(CCCCCC(=O)COC(=O)CC(=O)CCCCCC(NC(=O)COCCOCCNC(C)=O)C(N)=O)C(C)=O. The van der Waals surface area contributed by atoms with Crippen molar-refractivity contribution in [2.24, 2.45) is 5.73 Å². The van der Waals surface area contributed by atoms with Crippen molar-refractivity contribution < 1.29 is 66.8 Å². The summed E-state index contributed by atoms with van der Waals surface area (Å²) in [6, 6.07) is -1.59. The van der Waals surface area contributed by atoms with Crippen molar-refractivity contribution in [3.8, 4) is 0 Å². The summed E-state index contributed by atoms with van der Waals surface area (Å²) in [6.45, 7) is 5.35. The summed E-state index contributed by atoms with van der Waals surface area (Å²) in [7, 11) is 0. The molecule has 6 N–H and O–H groups in total. The fraction of sp³-hybridized carbons (Fsp3) is 0.750. The molecule has 0 rings (SSSR count). The third-order valence-electron chi connectivity index (χ3n) is 7.59. The van der Waals surface area contributed by atoms with Gasteiger partial charge in [0, 0.05) is 39.8 Å². The van der Waals surface area contributed by atoms with E-state index >= 15 is 0 Å². The number of ketones is 3. The summed E-state index contributed by atoms with van der Waals surface area (Å²) in [5.41, 5.74) is 5.39. The van der Waals surface area contributed by atoms with Gasteiger partial charge in [-0.15, -0.1) is 0 Å². The normalized spacial score (nSPS) is 11.8. The molecule has 55 heavy (non-hydrogen) atoms. The Labute approximate surface area is 322 Å². The molecule has 0 saturated carbocycles. The predicted molar refractivity (Wildman–Crippen MR) is 196 cm³/mol. The molecule has 314 valence electrons. The Morgan fingerprint density at radius 3 is 1.45 bits per heavy atom. The topological polar surface area (TPSA) is 274 Å². The van der Waals surface area contributed by atoms with Gasteiger partial charge in [-0.25, -0.2) is 0 Å². The number of hydrogen-bond donors (Lipinski definition) is 5. The van der Waals surface area contributed by atoms with Crippen LogP contribution in [0.15, 0.2) is 0 Å². The predicted octanol–water partition coefficient (Wildman–Crippen LogP) is -0.659. The van der Waals surface area contributed by atoms with Gasteiger partial charge in [-0.2, -0.15) is 0 Å². The van der Waals surface area contributed by atoms with Gasteiger partial charge in [0.1, 0.15) is 38.1 Å². The molecular weight excluding hydrogens is 726 g/mol. The lowest BCUT2D eigenvalue weighted by Gasteiger charge is -2.16. The first-order valence-corrected chi connectivity index (χ1v) is 18.6. The van der Waals surface area contributed by atoms with Crippen LogP contribution in [0.2, 0.25) is 0 Å². The number of esters is 1. The van der Waals surface area contributed by atoms with Crippen LogP contribution in [-0.4, -0.2) is 137 Å². The van der Waals surface area contributed by atoms with Crippen molar-refractivity contribution in [1.29, 1.82) is 0 Å². The van der Waals surface area contributed by atoms with E-state index < -0.39 is 48.8 Å². The number of nitrogens with two attached hydrogens (primary N) is 1. The van der Waals surface area contributed by atoms with Crippen LogP contribution in [-0.2, 0) is 66.8 Å². The fourth-order valence-electron chi connectivity index (χ4n) is 4.73. The molecule has 0 spiro atoms. The largest absolute Gasteiger partial charge is 0.457 e. The van der Waals surface area contributed by atoms with Crippen molar-refractivity contribution >= 4 is 52.9 Å². The van der Waals surface area contributed by atoms with Crippen LogP contribution in [0.1, 0.15) is 91.4 Å². The number of ether oxygens (including phenoxy) is 5. The molecule has 19 heteroatoms. The molecule has 2 unspecified atom stereocenters. The zero-order valence-corrected chi connectivity index (χ0v) is 32.5. The minimum Gasteiger partial charge on any atom is -0.457 e. The van der Waals surface area contributed by atoms with Gasteiger partial charge >= 0.3 is 5.97 Å². The van der Waals surface area contributed by atoms with E-state index in [1.807, 2.05) is 0 Å². The number of primary amides is 1. The maximum absolute atomic E-state index is 12.2. The van der Waals surface area contributed by atoms with E-state index in [1.165, 1.54) is 20.8 Å². The van der Waals surface area contributed by atoms with E-state index in [2.05, 4.69) is 21.3 Å². The molecular formula is C36H61N5O14. The molecule has 0 fully saturated rings. The maximum Gasteiger partial charge on any atom is 0.313 e. The fourth-order valence-corrected chi connectivity index (χ4v) is 4.73. The van der Waals surface area contributed by atoms with Crippen LogP contribution < -0.4 is 27.0 Å². The number of amides is 5. The minimum atomic E-state index is -0.906. The van der Waals surface area contributed by atoms with E-state index in [-0.39, 0.29) is 88.1 Å². The average Bonchev–Trinajstić information content (AvgIpc) is 3.11. The van der Waals surface area contributed by atoms with Crippen molar-refractivity contribution in [2.45, 2.75) is 103 Å². The molecule has 0 heterocycles.